The minimum absolute atomic E-state index is 0.135. The highest BCUT2D eigenvalue weighted by Crippen LogP contribution is 2.07. The Morgan fingerprint density at radius 3 is 2.85 bits per heavy atom. The van der Waals surface area contributed by atoms with Crippen LogP contribution in [0.4, 0.5) is 4.39 Å². The molecule has 0 aliphatic carbocycles. The molecule has 3 heteroatoms. The Morgan fingerprint density at radius 2 is 2.23 bits per heavy atom. The number of aryl methyl sites for hydroxylation is 1. The Morgan fingerprint density at radius 1 is 1.46 bits per heavy atom. The van der Waals surface area contributed by atoms with Crippen molar-refractivity contribution in [1.29, 1.82) is 0 Å². The molecule has 0 unspecified atom stereocenters. The van der Waals surface area contributed by atoms with E-state index in [2.05, 4.69) is 0 Å². The fourth-order valence-electron chi connectivity index (χ4n) is 1.14. The van der Waals surface area contributed by atoms with E-state index in [-0.39, 0.29) is 12.2 Å². The first-order valence-corrected chi connectivity index (χ1v) is 4.15. The summed E-state index contributed by atoms with van der Waals surface area (Å²) in [6, 6.07) is 6.24. The lowest BCUT2D eigenvalue weighted by molar-refractivity contribution is -0.137. The van der Waals surface area contributed by atoms with Crippen molar-refractivity contribution in [2.75, 3.05) is 0 Å². The van der Waals surface area contributed by atoms with Gasteiger partial charge in [0.2, 0.25) is 0 Å². The zero-order valence-corrected chi connectivity index (χ0v) is 7.16. The number of carbonyl (C=O) groups is 1. The van der Waals surface area contributed by atoms with Crippen LogP contribution in [0.5, 0.6) is 0 Å². The molecule has 0 aromatic heterocycles. The molecular formula is C10H11FO2. The van der Waals surface area contributed by atoms with Crippen LogP contribution in [-0.4, -0.2) is 11.1 Å². The van der Waals surface area contributed by atoms with E-state index in [0.717, 1.165) is 5.56 Å². The van der Waals surface area contributed by atoms with Gasteiger partial charge in [-0.1, -0.05) is 12.1 Å². The van der Waals surface area contributed by atoms with Crippen LogP contribution in [0.3, 0.4) is 0 Å². The van der Waals surface area contributed by atoms with Crippen molar-refractivity contribution < 1.29 is 14.3 Å². The third-order valence-electron chi connectivity index (χ3n) is 1.75. The molecule has 1 aromatic rings. The maximum absolute atomic E-state index is 12.6. The molecule has 1 aromatic carbocycles. The molecule has 0 bridgehead atoms. The summed E-state index contributed by atoms with van der Waals surface area (Å²) in [5.74, 6) is -1.08. The van der Waals surface area contributed by atoms with Gasteiger partial charge >= 0.3 is 5.97 Å². The fourth-order valence-corrected chi connectivity index (χ4v) is 1.14. The van der Waals surface area contributed by atoms with Crippen molar-refractivity contribution in [2.45, 2.75) is 19.3 Å². The van der Waals surface area contributed by atoms with Crippen LogP contribution < -0.4 is 0 Å². The molecule has 0 aliphatic heterocycles. The molecule has 13 heavy (non-hydrogen) atoms. The maximum atomic E-state index is 12.6. The summed E-state index contributed by atoms with van der Waals surface area (Å²) < 4.78 is 12.6. The first-order valence-electron chi connectivity index (χ1n) is 4.15. The molecule has 2 nitrogen and oxygen atoms in total. The number of rotatable bonds is 4. The minimum Gasteiger partial charge on any atom is -0.481 e. The van der Waals surface area contributed by atoms with E-state index in [9.17, 15) is 9.18 Å². The van der Waals surface area contributed by atoms with E-state index in [1.54, 1.807) is 12.1 Å². The first-order chi connectivity index (χ1) is 6.18. The Labute approximate surface area is 76.0 Å². The van der Waals surface area contributed by atoms with Crippen LogP contribution in [0, 0.1) is 5.82 Å². The molecular weight excluding hydrogens is 171 g/mol. The third-order valence-corrected chi connectivity index (χ3v) is 1.75. The van der Waals surface area contributed by atoms with Gasteiger partial charge < -0.3 is 5.11 Å². The quantitative estimate of drug-likeness (QED) is 0.775. The Balaban J connectivity index is 2.41. The second kappa shape index (κ2) is 4.60. The summed E-state index contributed by atoms with van der Waals surface area (Å²) in [5, 5.41) is 8.37. The Kier molecular flexibility index (Phi) is 3.43. The highest BCUT2D eigenvalue weighted by atomic mass is 19.1. The number of benzene rings is 1. The number of carboxylic acids is 1. The van der Waals surface area contributed by atoms with Crippen molar-refractivity contribution in [3.8, 4) is 0 Å². The van der Waals surface area contributed by atoms with E-state index in [1.807, 2.05) is 0 Å². The highest BCUT2D eigenvalue weighted by Gasteiger charge is 1.98. The summed E-state index contributed by atoms with van der Waals surface area (Å²) in [5.41, 5.74) is 0.848. The second-order valence-corrected chi connectivity index (χ2v) is 2.88. The second-order valence-electron chi connectivity index (χ2n) is 2.88. The van der Waals surface area contributed by atoms with Gasteiger partial charge in [-0.15, -0.1) is 0 Å². The Hall–Kier alpha value is -1.38. The van der Waals surface area contributed by atoms with E-state index in [4.69, 9.17) is 5.11 Å². The topological polar surface area (TPSA) is 37.3 Å². The molecule has 0 saturated heterocycles. The van der Waals surface area contributed by atoms with Gasteiger partial charge in [0.15, 0.2) is 0 Å². The molecule has 0 fully saturated rings. The average molecular weight is 182 g/mol. The molecule has 1 rings (SSSR count). The van der Waals surface area contributed by atoms with Crippen molar-refractivity contribution in [3.05, 3.63) is 35.6 Å². The van der Waals surface area contributed by atoms with Crippen LogP contribution in [0.15, 0.2) is 24.3 Å². The van der Waals surface area contributed by atoms with Crippen LogP contribution in [0.2, 0.25) is 0 Å². The smallest absolute Gasteiger partial charge is 0.303 e. The van der Waals surface area contributed by atoms with Gasteiger partial charge in [-0.25, -0.2) is 4.39 Å². The number of aliphatic carboxylic acids is 1. The fraction of sp³-hybridized carbons (Fsp3) is 0.300. The van der Waals surface area contributed by atoms with Crippen molar-refractivity contribution in [2.24, 2.45) is 0 Å². The Bertz CT molecular complexity index is 297. The summed E-state index contributed by atoms with van der Waals surface area (Å²) in [4.78, 5) is 10.2. The van der Waals surface area contributed by atoms with E-state index >= 15 is 0 Å². The molecule has 0 aliphatic rings. The predicted molar refractivity (Wildman–Crippen MR) is 47.0 cm³/mol. The van der Waals surface area contributed by atoms with Crippen LogP contribution in [0.1, 0.15) is 18.4 Å². The molecule has 1 N–H and O–H groups in total. The normalized spacial score (nSPS) is 9.92. The molecule has 0 heterocycles. The monoisotopic (exact) mass is 182 g/mol. The van der Waals surface area contributed by atoms with E-state index in [0.29, 0.717) is 12.8 Å². The summed E-state index contributed by atoms with van der Waals surface area (Å²) >= 11 is 0. The van der Waals surface area contributed by atoms with Gasteiger partial charge in [-0.2, -0.15) is 0 Å². The van der Waals surface area contributed by atoms with Crippen LogP contribution >= 0.6 is 0 Å². The SMILES string of the molecule is O=C(O)CCCc1cccc(F)c1. The number of carboxylic acid groups (broad SMARTS) is 1. The highest BCUT2D eigenvalue weighted by molar-refractivity contribution is 5.66. The number of hydrogen-bond acceptors (Lipinski definition) is 1. The van der Waals surface area contributed by atoms with Gasteiger partial charge in [0, 0.05) is 6.42 Å². The predicted octanol–water partition coefficient (Wildman–Crippen LogP) is 2.23. The zero-order valence-electron chi connectivity index (χ0n) is 7.16. The standard InChI is InChI=1S/C10H11FO2/c11-9-5-1-3-8(7-9)4-2-6-10(12)13/h1,3,5,7H,2,4,6H2,(H,12,13). The zero-order chi connectivity index (χ0) is 9.68. The molecule has 0 amide bonds. The minimum atomic E-state index is -0.809. The molecule has 0 atom stereocenters. The average Bonchev–Trinajstić information content (AvgIpc) is 2.03. The number of hydrogen-bond donors (Lipinski definition) is 1. The largest absolute Gasteiger partial charge is 0.481 e. The summed E-state index contributed by atoms with van der Waals surface area (Å²) in [6.45, 7) is 0. The summed E-state index contributed by atoms with van der Waals surface area (Å²) in [6.07, 6.45) is 1.30. The van der Waals surface area contributed by atoms with Crippen LogP contribution in [0.25, 0.3) is 0 Å². The molecule has 70 valence electrons. The van der Waals surface area contributed by atoms with Gasteiger partial charge in [-0.05, 0) is 30.5 Å². The van der Waals surface area contributed by atoms with Crippen molar-refractivity contribution in [3.63, 3.8) is 0 Å². The van der Waals surface area contributed by atoms with E-state index in [1.165, 1.54) is 12.1 Å². The van der Waals surface area contributed by atoms with E-state index < -0.39 is 5.97 Å². The molecule has 0 radical (unpaired) electrons. The number of halogens is 1. The van der Waals surface area contributed by atoms with Gasteiger partial charge in [0.05, 0.1) is 0 Å². The lowest BCUT2D eigenvalue weighted by Crippen LogP contribution is -1.95. The van der Waals surface area contributed by atoms with Gasteiger partial charge in [0.25, 0.3) is 0 Å². The third kappa shape index (κ3) is 3.69. The molecule has 0 spiro atoms. The van der Waals surface area contributed by atoms with Crippen LogP contribution in [-0.2, 0) is 11.2 Å². The summed E-state index contributed by atoms with van der Waals surface area (Å²) in [7, 11) is 0. The van der Waals surface area contributed by atoms with Gasteiger partial charge in [0.1, 0.15) is 5.82 Å². The maximum Gasteiger partial charge on any atom is 0.303 e. The lowest BCUT2D eigenvalue weighted by atomic mass is 10.1. The van der Waals surface area contributed by atoms with Gasteiger partial charge in [-0.3, -0.25) is 4.79 Å². The first kappa shape index (κ1) is 9.71. The van der Waals surface area contributed by atoms with Crippen molar-refractivity contribution >= 4 is 5.97 Å². The lowest BCUT2D eigenvalue weighted by Gasteiger charge is -1.98. The molecule has 0 saturated carbocycles. The van der Waals surface area contributed by atoms with Crippen molar-refractivity contribution in [1.82, 2.24) is 0 Å².